The molecule has 1 heterocycles. The average molecular weight is 286 g/mol. The number of hydrogen-bond donors (Lipinski definition) is 2. The first-order chi connectivity index (χ1) is 10.1. The molecule has 0 saturated carbocycles. The summed E-state index contributed by atoms with van der Waals surface area (Å²) in [6.07, 6.45) is 1.84. The van der Waals surface area contributed by atoms with Crippen molar-refractivity contribution in [3.8, 4) is 6.07 Å². The number of carbonyl (C=O) groups excluding carboxylic acids is 1. The third-order valence-corrected chi connectivity index (χ3v) is 3.81. The molecule has 1 fully saturated rings. The molecule has 1 aliphatic rings. The van der Waals surface area contributed by atoms with Gasteiger partial charge in [-0.3, -0.25) is 4.79 Å². The van der Waals surface area contributed by atoms with E-state index in [1.54, 1.807) is 6.92 Å². The third-order valence-electron chi connectivity index (χ3n) is 3.81. The third kappa shape index (κ3) is 3.96. The van der Waals surface area contributed by atoms with Crippen molar-refractivity contribution >= 4 is 11.6 Å². The molecule has 0 aliphatic carbocycles. The van der Waals surface area contributed by atoms with E-state index in [2.05, 4.69) is 27.7 Å². The van der Waals surface area contributed by atoms with E-state index in [0.717, 1.165) is 49.3 Å². The normalized spacial score (nSPS) is 15.6. The van der Waals surface area contributed by atoms with Gasteiger partial charge in [0.15, 0.2) is 0 Å². The predicted molar refractivity (Wildman–Crippen MR) is 83.0 cm³/mol. The fourth-order valence-electron chi connectivity index (χ4n) is 2.81. The van der Waals surface area contributed by atoms with Crippen LogP contribution in [0.25, 0.3) is 0 Å². The summed E-state index contributed by atoms with van der Waals surface area (Å²) in [4.78, 5) is 13.3. The highest BCUT2D eigenvalue weighted by atomic mass is 16.1. The molecule has 0 bridgehead atoms. The van der Waals surface area contributed by atoms with Crippen LogP contribution >= 0.6 is 0 Å². The fourth-order valence-corrected chi connectivity index (χ4v) is 2.81. The number of nitriles is 1. The van der Waals surface area contributed by atoms with Gasteiger partial charge in [-0.15, -0.1) is 0 Å². The molecule has 1 saturated heterocycles. The molecule has 2 N–H and O–H groups in total. The number of nitrogens with zero attached hydrogens (tertiary/aromatic N) is 2. The zero-order valence-corrected chi connectivity index (χ0v) is 12.6. The zero-order chi connectivity index (χ0) is 15.2. The van der Waals surface area contributed by atoms with Gasteiger partial charge in [-0.1, -0.05) is 6.07 Å². The van der Waals surface area contributed by atoms with Gasteiger partial charge in [0.1, 0.15) is 6.07 Å². The Morgan fingerprint density at radius 3 is 2.71 bits per heavy atom. The highest BCUT2D eigenvalue weighted by molar-refractivity contribution is 5.73. The lowest BCUT2D eigenvalue weighted by molar-refractivity contribution is -0.119. The minimum absolute atomic E-state index is 0.0302. The molecule has 112 valence electrons. The second-order valence-corrected chi connectivity index (χ2v) is 5.46. The van der Waals surface area contributed by atoms with Crippen LogP contribution in [0.3, 0.4) is 0 Å². The molecule has 0 aromatic heterocycles. The van der Waals surface area contributed by atoms with E-state index >= 15 is 0 Å². The van der Waals surface area contributed by atoms with Crippen LogP contribution in [0, 0.1) is 11.3 Å². The van der Waals surface area contributed by atoms with E-state index in [-0.39, 0.29) is 11.9 Å². The molecule has 0 radical (unpaired) electrons. The molecule has 5 nitrogen and oxygen atoms in total. The Balaban J connectivity index is 2.06. The van der Waals surface area contributed by atoms with E-state index in [1.807, 2.05) is 19.2 Å². The SMILES string of the molecule is CNCc1ccc(N2CCC(NC(C)=O)CC2)c(C#N)c1. The Kier molecular flexibility index (Phi) is 5.18. The summed E-state index contributed by atoms with van der Waals surface area (Å²) in [5, 5.41) is 15.4. The van der Waals surface area contributed by atoms with Gasteiger partial charge < -0.3 is 15.5 Å². The minimum Gasteiger partial charge on any atom is -0.370 e. The Morgan fingerprint density at radius 1 is 1.43 bits per heavy atom. The van der Waals surface area contributed by atoms with Crippen LogP contribution in [-0.2, 0) is 11.3 Å². The molecule has 0 atom stereocenters. The van der Waals surface area contributed by atoms with Crippen LogP contribution in [0.5, 0.6) is 0 Å². The highest BCUT2D eigenvalue weighted by Gasteiger charge is 2.21. The molecular formula is C16H22N4O. The van der Waals surface area contributed by atoms with Crippen molar-refractivity contribution in [2.75, 3.05) is 25.0 Å². The maximum absolute atomic E-state index is 11.1. The van der Waals surface area contributed by atoms with E-state index < -0.39 is 0 Å². The van der Waals surface area contributed by atoms with Crippen molar-refractivity contribution in [3.63, 3.8) is 0 Å². The molecule has 1 aliphatic heterocycles. The van der Waals surface area contributed by atoms with Crippen molar-refractivity contribution < 1.29 is 4.79 Å². The fraction of sp³-hybridized carbons (Fsp3) is 0.500. The largest absolute Gasteiger partial charge is 0.370 e. The van der Waals surface area contributed by atoms with Crippen molar-refractivity contribution in [2.24, 2.45) is 0 Å². The molecule has 2 rings (SSSR count). The van der Waals surface area contributed by atoms with E-state index in [0.29, 0.717) is 0 Å². The number of hydrogen-bond acceptors (Lipinski definition) is 4. The number of carbonyl (C=O) groups is 1. The van der Waals surface area contributed by atoms with Crippen LogP contribution in [0.15, 0.2) is 18.2 Å². The van der Waals surface area contributed by atoms with Crippen LogP contribution in [0.2, 0.25) is 0 Å². The van der Waals surface area contributed by atoms with Gasteiger partial charge in [0, 0.05) is 32.6 Å². The second-order valence-electron chi connectivity index (χ2n) is 5.46. The van der Waals surface area contributed by atoms with Gasteiger partial charge in [0.05, 0.1) is 11.3 Å². The molecule has 1 amide bonds. The van der Waals surface area contributed by atoms with Gasteiger partial charge in [-0.25, -0.2) is 0 Å². The van der Waals surface area contributed by atoms with Gasteiger partial charge in [0.25, 0.3) is 0 Å². The summed E-state index contributed by atoms with van der Waals surface area (Å²) in [7, 11) is 1.90. The van der Waals surface area contributed by atoms with Gasteiger partial charge in [-0.05, 0) is 37.6 Å². The summed E-state index contributed by atoms with van der Waals surface area (Å²) < 4.78 is 0. The summed E-state index contributed by atoms with van der Waals surface area (Å²) in [6.45, 7) is 4.05. The number of nitrogens with one attached hydrogen (secondary N) is 2. The summed E-state index contributed by atoms with van der Waals surface area (Å²) in [6, 6.07) is 8.60. The van der Waals surface area contributed by atoms with Crippen molar-refractivity contribution in [2.45, 2.75) is 32.4 Å². The summed E-state index contributed by atoms with van der Waals surface area (Å²) in [5.41, 5.74) is 2.84. The average Bonchev–Trinajstić information content (AvgIpc) is 2.48. The maximum Gasteiger partial charge on any atom is 0.217 e. The summed E-state index contributed by atoms with van der Waals surface area (Å²) >= 11 is 0. The number of anilines is 1. The smallest absolute Gasteiger partial charge is 0.217 e. The molecule has 1 aromatic rings. The van der Waals surface area contributed by atoms with E-state index in [9.17, 15) is 10.1 Å². The molecule has 0 spiro atoms. The van der Waals surface area contributed by atoms with Crippen molar-refractivity contribution in [3.05, 3.63) is 29.3 Å². The number of piperidine rings is 1. The van der Waals surface area contributed by atoms with Crippen LogP contribution in [-0.4, -0.2) is 32.1 Å². The Morgan fingerprint density at radius 2 is 2.14 bits per heavy atom. The zero-order valence-electron chi connectivity index (χ0n) is 12.6. The lowest BCUT2D eigenvalue weighted by atomic mass is 10.0. The van der Waals surface area contributed by atoms with E-state index in [4.69, 9.17) is 0 Å². The Labute approximate surface area is 125 Å². The molecular weight excluding hydrogens is 264 g/mol. The number of benzene rings is 1. The minimum atomic E-state index is 0.0302. The maximum atomic E-state index is 11.1. The van der Waals surface area contributed by atoms with Crippen molar-refractivity contribution in [1.82, 2.24) is 10.6 Å². The van der Waals surface area contributed by atoms with E-state index in [1.165, 1.54) is 0 Å². The number of amides is 1. The second kappa shape index (κ2) is 7.09. The predicted octanol–water partition coefficient (Wildman–Crippen LogP) is 1.38. The molecule has 21 heavy (non-hydrogen) atoms. The number of rotatable bonds is 4. The lowest BCUT2D eigenvalue weighted by Crippen LogP contribution is -2.44. The Hall–Kier alpha value is -2.06. The first-order valence-electron chi connectivity index (χ1n) is 7.33. The van der Waals surface area contributed by atoms with Gasteiger partial charge >= 0.3 is 0 Å². The first kappa shape index (κ1) is 15.3. The Bertz CT molecular complexity index is 542. The monoisotopic (exact) mass is 286 g/mol. The van der Waals surface area contributed by atoms with Crippen LogP contribution < -0.4 is 15.5 Å². The lowest BCUT2D eigenvalue weighted by Gasteiger charge is -2.34. The van der Waals surface area contributed by atoms with Gasteiger partial charge in [0.2, 0.25) is 5.91 Å². The topological polar surface area (TPSA) is 68.2 Å². The first-order valence-corrected chi connectivity index (χ1v) is 7.33. The molecule has 1 aromatic carbocycles. The quantitative estimate of drug-likeness (QED) is 0.877. The van der Waals surface area contributed by atoms with Crippen molar-refractivity contribution in [1.29, 1.82) is 5.26 Å². The van der Waals surface area contributed by atoms with Crippen LogP contribution in [0.1, 0.15) is 30.9 Å². The molecule has 0 unspecified atom stereocenters. The van der Waals surface area contributed by atoms with Crippen LogP contribution in [0.4, 0.5) is 5.69 Å². The highest BCUT2D eigenvalue weighted by Crippen LogP contribution is 2.25. The summed E-state index contributed by atoms with van der Waals surface area (Å²) in [5.74, 6) is 0.0302. The standard InChI is InChI=1S/C16H22N4O/c1-12(21)19-15-5-7-20(8-6-15)16-4-3-13(11-18-2)9-14(16)10-17/h3-4,9,15,18H,5-8,11H2,1-2H3,(H,19,21). The van der Waals surface area contributed by atoms with Gasteiger partial charge in [-0.2, -0.15) is 5.26 Å². The molecule has 5 heteroatoms.